The molecular formula is C24H29NO5. The maximum Gasteiger partial charge on any atom is 0.337 e. The molecule has 1 saturated carbocycles. The van der Waals surface area contributed by atoms with Crippen LogP contribution in [0.1, 0.15) is 49.0 Å². The van der Waals surface area contributed by atoms with Gasteiger partial charge in [-0.1, -0.05) is 30.3 Å². The Kier molecular flexibility index (Phi) is 6.46. The van der Waals surface area contributed by atoms with Gasteiger partial charge in [0.1, 0.15) is 23.5 Å². The van der Waals surface area contributed by atoms with Gasteiger partial charge in [0.05, 0.1) is 12.7 Å². The van der Waals surface area contributed by atoms with Crippen LogP contribution in [0.25, 0.3) is 0 Å². The lowest BCUT2D eigenvalue weighted by molar-refractivity contribution is -0.159. The van der Waals surface area contributed by atoms with E-state index < -0.39 is 11.1 Å². The minimum atomic E-state index is -0.729. The van der Waals surface area contributed by atoms with Crippen molar-refractivity contribution < 1.29 is 23.8 Å². The molecule has 6 heteroatoms. The fourth-order valence-electron chi connectivity index (χ4n) is 3.46. The minimum absolute atomic E-state index is 0.0767. The average molecular weight is 411 g/mol. The Labute approximate surface area is 177 Å². The molecule has 30 heavy (non-hydrogen) atoms. The molecule has 6 nitrogen and oxygen atoms in total. The summed E-state index contributed by atoms with van der Waals surface area (Å²) in [5.41, 5.74) is 0.311. The van der Waals surface area contributed by atoms with Crippen molar-refractivity contribution in [2.45, 2.75) is 44.2 Å². The first-order valence-electron chi connectivity index (χ1n) is 10.1. The number of ether oxygens (including phenoxy) is 3. The van der Waals surface area contributed by atoms with Crippen LogP contribution in [0.4, 0.5) is 0 Å². The van der Waals surface area contributed by atoms with Crippen LogP contribution in [0.15, 0.2) is 54.6 Å². The van der Waals surface area contributed by atoms with Gasteiger partial charge in [0, 0.05) is 12.5 Å². The fourth-order valence-corrected chi connectivity index (χ4v) is 3.46. The average Bonchev–Trinajstić information content (AvgIpc) is 3.46. The molecule has 0 amide bonds. The van der Waals surface area contributed by atoms with E-state index in [2.05, 4.69) is 10.1 Å². The number of hydrogen-bond acceptors (Lipinski definition) is 6. The molecular weight excluding hydrogens is 382 g/mol. The smallest absolute Gasteiger partial charge is 0.337 e. The van der Waals surface area contributed by atoms with Crippen LogP contribution in [0, 0.1) is 0 Å². The second-order valence-corrected chi connectivity index (χ2v) is 8.43. The van der Waals surface area contributed by atoms with Gasteiger partial charge in [-0.15, -0.1) is 0 Å². The first kappa shape index (κ1) is 21.8. The van der Waals surface area contributed by atoms with E-state index >= 15 is 0 Å². The monoisotopic (exact) mass is 411 g/mol. The Bertz CT molecular complexity index is 873. The standard InChI is InChI=1S/C24H29NO5/c1-23(2,3)30-22(27)24(16-20(24)17-8-6-5-7-9-17)25-14-15-29-19-12-10-18(11-13-19)21(26)28-4/h5-13,20,25H,14-16H2,1-4H3. The summed E-state index contributed by atoms with van der Waals surface area (Å²) in [5, 5.41) is 3.38. The number of hydrogen-bond donors (Lipinski definition) is 1. The van der Waals surface area contributed by atoms with Crippen LogP contribution >= 0.6 is 0 Å². The number of carbonyl (C=O) groups is 2. The number of benzene rings is 2. The van der Waals surface area contributed by atoms with Crippen LogP contribution in [0.2, 0.25) is 0 Å². The molecule has 2 unspecified atom stereocenters. The molecule has 160 valence electrons. The number of carbonyl (C=O) groups excluding carboxylic acids is 2. The van der Waals surface area contributed by atoms with E-state index in [0.717, 1.165) is 5.56 Å². The van der Waals surface area contributed by atoms with Crippen molar-refractivity contribution in [3.8, 4) is 5.75 Å². The third-order valence-corrected chi connectivity index (χ3v) is 5.01. The quantitative estimate of drug-likeness (QED) is 0.527. The molecule has 3 rings (SSSR count). The van der Waals surface area contributed by atoms with Gasteiger partial charge in [0.2, 0.25) is 0 Å². The van der Waals surface area contributed by atoms with Crippen LogP contribution in [0.3, 0.4) is 0 Å². The molecule has 1 aliphatic carbocycles. The third kappa shape index (κ3) is 5.19. The van der Waals surface area contributed by atoms with E-state index in [1.165, 1.54) is 7.11 Å². The van der Waals surface area contributed by atoms with Gasteiger partial charge >= 0.3 is 11.9 Å². The van der Waals surface area contributed by atoms with Gasteiger partial charge in [-0.05, 0) is 57.0 Å². The lowest BCUT2D eigenvalue weighted by Crippen LogP contribution is -2.46. The molecule has 0 aromatic heterocycles. The number of nitrogens with one attached hydrogen (secondary N) is 1. The van der Waals surface area contributed by atoms with Crippen LogP contribution in [0.5, 0.6) is 5.75 Å². The van der Waals surface area contributed by atoms with Crippen LogP contribution in [-0.2, 0) is 14.3 Å². The van der Waals surface area contributed by atoms with Gasteiger partial charge < -0.3 is 14.2 Å². The Morgan fingerprint density at radius 2 is 1.73 bits per heavy atom. The van der Waals surface area contributed by atoms with E-state index in [-0.39, 0.29) is 17.9 Å². The molecule has 0 heterocycles. The Morgan fingerprint density at radius 3 is 2.33 bits per heavy atom. The number of methoxy groups -OCH3 is 1. The highest BCUT2D eigenvalue weighted by molar-refractivity contribution is 5.89. The predicted octanol–water partition coefficient (Wildman–Crippen LogP) is 3.71. The summed E-state index contributed by atoms with van der Waals surface area (Å²) < 4.78 is 16.1. The summed E-state index contributed by atoms with van der Waals surface area (Å²) in [6.07, 6.45) is 0.694. The molecule has 0 radical (unpaired) electrons. The molecule has 1 N–H and O–H groups in total. The number of esters is 2. The molecule has 2 atom stereocenters. The van der Waals surface area contributed by atoms with E-state index in [1.807, 2.05) is 51.1 Å². The second kappa shape index (κ2) is 8.88. The molecule has 0 spiro atoms. The molecule has 0 bridgehead atoms. The summed E-state index contributed by atoms with van der Waals surface area (Å²) in [6.45, 7) is 6.49. The zero-order chi connectivity index (χ0) is 21.8. The molecule has 0 aliphatic heterocycles. The van der Waals surface area contributed by atoms with Crippen LogP contribution in [-0.4, -0.2) is 43.3 Å². The maximum absolute atomic E-state index is 13.0. The normalized spacial score (nSPS) is 20.3. The van der Waals surface area contributed by atoms with Crippen molar-refractivity contribution in [3.05, 3.63) is 65.7 Å². The van der Waals surface area contributed by atoms with E-state index in [1.54, 1.807) is 24.3 Å². The summed E-state index contributed by atoms with van der Waals surface area (Å²) in [5.74, 6) is 0.105. The van der Waals surface area contributed by atoms with Crippen molar-refractivity contribution in [2.75, 3.05) is 20.3 Å². The van der Waals surface area contributed by atoms with E-state index in [4.69, 9.17) is 9.47 Å². The molecule has 1 fully saturated rings. The van der Waals surface area contributed by atoms with Crippen LogP contribution < -0.4 is 10.1 Å². The minimum Gasteiger partial charge on any atom is -0.492 e. The van der Waals surface area contributed by atoms with Gasteiger partial charge in [-0.25, -0.2) is 4.79 Å². The van der Waals surface area contributed by atoms with Crippen molar-refractivity contribution in [1.29, 1.82) is 0 Å². The van der Waals surface area contributed by atoms with Gasteiger partial charge in [-0.2, -0.15) is 0 Å². The summed E-state index contributed by atoms with van der Waals surface area (Å²) in [6, 6.07) is 16.8. The Balaban J connectivity index is 1.59. The maximum atomic E-state index is 13.0. The van der Waals surface area contributed by atoms with Crippen molar-refractivity contribution in [2.24, 2.45) is 0 Å². The van der Waals surface area contributed by atoms with E-state index in [9.17, 15) is 9.59 Å². The van der Waals surface area contributed by atoms with Gasteiger partial charge in [0.15, 0.2) is 0 Å². The van der Waals surface area contributed by atoms with Crippen molar-refractivity contribution in [1.82, 2.24) is 5.32 Å². The first-order chi connectivity index (χ1) is 14.2. The fraction of sp³-hybridized carbons (Fsp3) is 0.417. The first-order valence-corrected chi connectivity index (χ1v) is 10.1. The molecule has 2 aromatic rings. The zero-order valence-corrected chi connectivity index (χ0v) is 17.9. The summed E-state index contributed by atoms with van der Waals surface area (Å²) >= 11 is 0. The number of rotatable bonds is 8. The SMILES string of the molecule is COC(=O)c1ccc(OCCNC2(C(=O)OC(C)(C)C)CC2c2ccccc2)cc1. The zero-order valence-electron chi connectivity index (χ0n) is 17.9. The Hall–Kier alpha value is -2.86. The highest BCUT2D eigenvalue weighted by Gasteiger charge is 2.62. The predicted molar refractivity (Wildman–Crippen MR) is 114 cm³/mol. The molecule has 2 aromatic carbocycles. The lowest BCUT2D eigenvalue weighted by atomic mass is 10.1. The largest absolute Gasteiger partial charge is 0.492 e. The lowest BCUT2D eigenvalue weighted by Gasteiger charge is -2.25. The van der Waals surface area contributed by atoms with Crippen molar-refractivity contribution in [3.63, 3.8) is 0 Å². The van der Waals surface area contributed by atoms with Crippen molar-refractivity contribution >= 4 is 11.9 Å². The highest BCUT2D eigenvalue weighted by Crippen LogP contribution is 2.52. The summed E-state index contributed by atoms with van der Waals surface area (Å²) in [4.78, 5) is 24.4. The van der Waals surface area contributed by atoms with E-state index in [0.29, 0.717) is 30.9 Å². The summed E-state index contributed by atoms with van der Waals surface area (Å²) in [7, 11) is 1.35. The molecule has 1 aliphatic rings. The second-order valence-electron chi connectivity index (χ2n) is 8.43. The highest BCUT2D eigenvalue weighted by atomic mass is 16.6. The van der Waals surface area contributed by atoms with Gasteiger partial charge in [-0.3, -0.25) is 10.1 Å². The topological polar surface area (TPSA) is 73.9 Å². The third-order valence-electron chi connectivity index (χ3n) is 5.01. The Morgan fingerprint density at radius 1 is 1.07 bits per heavy atom. The van der Waals surface area contributed by atoms with Gasteiger partial charge in [0.25, 0.3) is 0 Å². The molecule has 0 saturated heterocycles.